The summed E-state index contributed by atoms with van der Waals surface area (Å²) in [5.41, 5.74) is 8.99. The molecule has 0 saturated carbocycles. The molecule has 3 nitrogen and oxygen atoms in total. The first kappa shape index (κ1) is 12.7. The minimum atomic E-state index is 0.447. The van der Waals surface area contributed by atoms with Gasteiger partial charge < -0.3 is 11.1 Å². The van der Waals surface area contributed by atoms with Gasteiger partial charge in [0.25, 0.3) is 0 Å². The topological polar surface area (TPSA) is 50.9 Å². The van der Waals surface area contributed by atoms with E-state index in [1.165, 1.54) is 11.1 Å². The number of hydrogen-bond donors (Lipinski definition) is 2. The van der Waals surface area contributed by atoms with Crippen LogP contribution in [0.2, 0.25) is 5.15 Å². The number of nitrogen functional groups attached to an aromatic ring is 1. The van der Waals surface area contributed by atoms with Crippen LogP contribution >= 0.6 is 11.6 Å². The Labute approximate surface area is 112 Å². The Bertz CT molecular complexity index is 540. The van der Waals surface area contributed by atoms with Gasteiger partial charge in [-0.25, -0.2) is 4.98 Å². The van der Waals surface area contributed by atoms with E-state index in [1.54, 1.807) is 12.1 Å². The number of hydrogen-bond acceptors (Lipinski definition) is 3. The van der Waals surface area contributed by atoms with Gasteiger partial charge in [0, 0.05) is 6.54 Å². The molecule has 2 rings (SSSR count). The van der Waals surface area contributed by atoms with Crippen molar-refractivity contribution in [3.63, 3.8) is 0 Å². The predicted octanol–water partition coefficient (Wildman–Crippen LogP) is 3.28. The Hall–Kier alpha value is -1.74. The number of rotatable bonds is 4. The summed E-state index contributed by atoms with van der Waals surface area (Å²) in [5.74, 6) is 0.648. The summed E-state index contributed by atoms with van der Waals surface area (Å²) in [7, 11) is 0. The summed E-state index contributed by atoms with van der Waals surface area (Å²) in [6, 6.07) is 11.9. The molecule has 0 radical (unpaired) electrons. The van der Waals surface area contributed by atoms with Crippen LogP contribution < -0.4 is 11.1 Å². The van der Waals surface area contributed by atoms with E-state index in [4.69, 9.17) is 17.3 Å². The Balaban J connectivity index is 1.94. The fraction of sp³-hybridized carbons (Fsp3) is 0.214. The van der Waals surface area contributed by atoms with E-state index in [2.05, 4.69) is 41.5 Å². The van der Waals surface area contributed by atoms with Crippen molar-refractivity contribution in [1.29, 1.82) is 0 Å². The van der Waals surface area contributed by atoms with Gasteiger partial charge in [-0.05, 0) is 31.0 Å². The molecular formula is C14H16ClN3. The lowest BCUT2D eigenvalue weighted by atomic mass is 10.1. The number of nitrogens with two attached hydrogens (primary N) is 1. The van der Waals surface area contributed by atoms with Crippen molar-refractivity contribution in [2.75, 3.05) is 17.6 Å². The average molecular weight is 262 g/mol. The maximum absolute atomic E-state index is 5.83. The van der Waals surface area contributed by atoms with E-state index in [1.807, 2.05) is 0 Å². The molecule has 0 fully saturated rings. The first-order valence-corrected chi connectivity index (χ1v) is 6.24. The number of nitrogens with one attached hydrogen (secondary N) is 1. The maximum atomic E-state index is 5.83. The molecule has 0 spiro atoms. The Kier molecular flexibility index (Phi) is 4.05. The lowest BCUT2D eigenvalue weighted by Crippen LogP contribution is -2.08. The highest BCUT2D eigenvalue weighted by Gasteiger charge is 2.01. The van der Waals surface area contributed by atoms with Crippen LogP contribution in [-0.4, -0.2) is 11.5 Å². The molecule has 1 heterocycles. The van der Waals surface area contributed by atoms with Crippen LogP contribution in [0.5, 0.6) is 0 Å². The van der Waals surface area contributed by atoms with Crippen LogP contribution in [0.25, 0.3) is 0 Å². The molecule has 0 aliphatic carbocycles. The van der Waals surface area contributed by atoms with Gasteiger partial charge >= 0.3 is 0 Å². The summed E-state index contributed by atoms with van der Waals surface area (Å²) in [6.45, 7) is 2.87. The smallest absolute Gasteiger partial charge is 0.150 e. The summed E-state index contributed by atoms with van der Waals surface area (Å²) < 4.78 is 0. The first-order chi connectivity index (χ1) is 8.65. The fourth-order valence-corrected chi connectivity index (χ4v) is 1.93. The third-order valence-electron chi connectivity index (χ3n) is 2.68. The lowest BCUT2D eigenvalue weighted by Gasteiger charge is -2.08. The number of aryl methyl sites for hydroxylation is 1. The van der Waals surface area contributed by atoms with Gasteiger partial charge in [0.1, 0.15) is 5.15 Å². The standard InChI is InChI=1S/C14H16ClN3/c1-10-3-2-4-11(9-10)7-8-17-14-12(16)5-6-13(15)18-14/h2-6,9H,7-8,16H2,1H3,(H,17,18). The largest absolute Gasteiger partial charge is 0.396 e. The summed E-state index contributed by atoms with van der Waals surface area (Å²) in [6.07, 6.45) is 0.926. The second-order valence-electron chi connectivity index (χ2n) is 4.24. The minimum absolute atomic E-state index is 0.447. The molecule has 0 aliphatic rings. The molecule has 0 amide bonds. The fourth-order valence-electron chi connectivity index (χ4n) is 1.78. The maximum Gasteiger partial charge on any atom is 0.150 e. The van der Waals surface area contributed by atoms with Crippen LogP contribution in [0.3, 0.4) is 0 Å². The molecule has 4 heteroatoms. The molecule has 3 N–H and O–H groups in total. The molecule has 0 saturated heterocycles. The van der Waals surface area contributed by atoms with Crippen molar-refractivity contribution in [3.8, 4) is 0 Å². The van der Waals surface area contributed by atoms with E-state index in [9.17, 15) is 0 Å². The highest BCUT2D eigenvalue weighted by atomic mass is 35.5. The van der Waals surface area contributed by atoms with Crippen LogP contribution in [0.1, 0.15) is 11.1 Å². The quantitative estimate of drug-likeness (QED) is 0.831. The number of halogens is 1. The SMILES string of the molecule is Cc1cccc(CCNc2nc(Cl)ccc2N)c1. The highest BCUT2D eigenvalue weighted by molar-refractivity contribution is 6.29. The van der Waals surface area contributed by atoms with Gasteiger partial charge in [0.05, 0.1) is 5.69 Å². The molecule has 0 aliphatic heterocycles. The Morgan fingerprint density at radius 2 is 2.11 bits per heavy atom. The van der Waals surface area contributed by atoms with Crippen molar-refractivity contribution in [3.05, 3.63) is 52.7 Å². The molecule has 2 aromatic rings. The van der Waals surface area contributed by atoms with Crippen molar-refractivity contribution in [1.82, 2.24) is 4.98 Å². The monoisotopic (exact) mass is 261 g/mol. The van der Waals surface area contributed by atoms with Gasteiger partial charge in [0.15, 0.2) is 5.82 Å². The second kappa shape index (κ2) is 5.74. The minimum Gasteiger partial charge on any atom is -0.396 e. The van der Waals surface area contributed by atoms with Gasteiger partial charge in [-0.3, -0.25) is 0 Å². The van der Waals surface area contributed by atoms with Gasteiger partial charge in [-0.15, -0.1) is 0 Å². The normalized spacial score (nSPS) is 10.3. The number of benzene rings is 1. The third-order valence-corrected chi connectivity index (χ3v) is 2.89. The van der Waals surface area contributed by atoms with Gasteiger partial charge in [-0.1, -0.05) is 41.4 Å². The zero-order chi connectivity index (χ0) is 13.0. The van der Waals surface area contributed by atoms with E-state index in [-0.39, 0.29) is 0 Å². The number of nitrogens with zero attached hydrogens (tertiary/aromatic N) is 1. The van der Waals surface area contributed by atoms with E-state index >= 15 is 0 Å². The first-order valence-electron chi connectivity index (χ1n) is 5.86. The lowest BCUT2D eigenvalue weighted by molar-refractivity contribution is 1.00. The van der Waals surface area contributed by atoms with E-state index in [0.29, 0.717) is 16.7 Å². The third kappa shape index (κ3) is 3.37. The van der Waals surface area contributed by atoms with Crippen LogP contribution in [0, 0.1) is 6.92 Å². The summed E-state index contributed by atoms with van der Waals surface area (Å²) in [4.78, 5) is 4.15. The summed E-state index contributed by atoms with van der Waals surface area (Å²) >= 11 is 5.83. The van der Waals surface area contributed by atoms with Gasteiger partial charge in [-0.2, -0.15) is 0 Å². The number of anilines is 2. The Morgan fingerprint density at radius 1 is 1.28 bits per heavy atom. The number of aromatic nitrogens is 1. The molecule has 0 atom stereocenters. The zero-order valence-electron chi connectivity index (χ0n) is 10.3. The van der Waals surface area contributed by atoms with Gasteiger partial charge in [0.2, 0.25) is 0 Å². The van der Waals surface area contributed by atoms with Crippen molar-refractivity contribution in [2.45, 2.75) is 13.3 Å². The number of pyridine rings is 1. The van der Waals surface area contributed by atoms with Crippen molar-refractivity contribution < 1.29 is 0 Å². The molecule has 1 aromatic carbocycles. The van der Waals surface area contributed by atoms with Crippen molar-refractivity contribution in [2.24, 2.45) is 0 Å². The molecule has 1 aromatic heterocycles. The average Bonchev–Trinajstić information content (AvgIpc) is 2.34. The van der Waals surface area contributed by atoms with E-state index < -0.39 is 0 Å². The summed E-state index contributed by atoms with van der Waals surface area (Å²) in [5, 5.41) is 3.65. The Morgan fingerprint density at radius 3 is 2.89 bits per heavy atom. The second-order valence-corrected chi connectivity index (χ2v) is 4.62. The molecule has 94 valence electrons. The van der Waals surface area contributed by atoms with Crippen LogP contribution in [0.15, 0.2) is 36.4 Å². The molecule has 0 bridgehead atoms. The zero-order valence-corrected chi connectivity index (χ0v) is 11.0. The highest BCUT2D eigenvalue weighted by Crippen LogP contribution is 2.18. The van der Waals surface area contributed by atoms with Crippen LogP contribution in [0.4, 0.5) is 11.5 Å². The molecule has 18 heavy (non-hydrogen) atoms. The van der Waals surface area contributed by atoms with E-state index in [0.717, 1.165) is 13.0 Å². The molecule has 0 unspecified atom stereocenters. The van der Waals surface area contributed by atoms with Crippen LogP contribution in [-0.2, 0) is 6.42 Å². The van der Waals surface area contributed by atoms with Crippen molar-refractivity contribution >= 4 is 23.1 Å². The molecular weight excluding hydrogens is 246 g/mol. The predicted molar refractivity (Wildman–Crippen MR) is 77.0 cm³/mol.